The van der Waals surface area contributed by atoms with Crippen molar-refractivity contribution < 1.29 is 18.3 Å². The number of carbonyl (C=O) groups is 1. The molecule has 18 heavy (non-hydrogen) atoms. The van der Waals surface area contributed by atoms with E-state index in [-0.39, 0.29) is 21.3 Å². The summed E-state index contributed by atoms with van der Waals surface area (Å²) in [7, 11) is -3.60. The number of sulfonamides is 1. The molecule has 0 atom stereocenters. The van der Waals surface area contributed by atoms with E-state index in [0.29, 0.717) is 0 Å². The van der Waals surface area contributed by atoms with Crippen molar-refractivity contribution >= 4 is 44.9 Å². The lowest BCUT2D eigenvalue weighted by Gasteiger charge is -2.13. The number of carboxylic acid groups (broad SMARTS) is 1. The van der Waals surface area contributed by atoms with E-state index in [1.807, 2.05) is 0 Å². The lowest BCUT2D eigenvalue weighted by atomic mass is 10.2. The van der Waals surface area contributed by atoms with Gasteiger partial charge in [-0.2, -0.15) is 0 Å². The molecule has 0 fully saturated rings. The van der Waals surface area contributed by atoms with E-state index in [9.17, 15) is 13.2 Å². The van der Waals surface area contributed by atoms with E-state index in [4.69, 9.17) is 28.3 Å². The summed E-state index contributed by atoms with van der Waals surface area (Å²) in [6.07, 6.45) is 0. The molecule has 0 saturated carbocycles. The summed E-state index contributed by atoms with van der Waals surface area (Å²) >= 11 is 11.6. The van der Waals surface area contributed by atoms with Crippen LogP contribution in [0.3, 0.4) is 0 Å². The van der Waals surface area contributed by atoms with Crippen LogP contribution in [0.1, 0.15) is 24.2 Å². The minimum atomic E-state index is -3.60. The van der Waals surface area contributed by atoms with Gasteiger partial charge < -0.3 is 5.11 Å². The molecule has 0 aliphatic carbocycles. The fourth-order valence-electron chi connectivity index (χ4n) is 1.05. The van der Waals surface area contributed by atoms with Crippen molar-refractivity contribution in [2.45, 2.75) is 19.1 Å². The number of benzene rings is 1. The molecule has 0 aliphatic rings. The van der Waals surface area contributed by atoms with Crippen LogP contribution in [-0.4, -0.2) is 24.7 Å². The number of hydrogen-bond donors (Lipinski definition) is 2. The lowest BCUT2D eigenvalue weighted by Crippen LogP contribution is -2.23. The van der Waals surface area contributed by atoms with Gasteiger partial charge in [-0.3, -0.25) is 4.72 Å². The Kier molecular flexibility index (Phi) is 4.47. The number of carboxylic acids is 1. The van der Waals surface area contributed by atoms with Gasteiger partial charge >= 0.3 is 5.97 Å². The fraction of sp³-hybridized carbons (Fsp3) is 0.300. The van der Waals surface area contributed by atoms with E-state index < -0.39 is 21.2 Å². The first-order valence-corrected chi connectivity index (χ1v) is 7.19. The third-order valence-corrected chi connectivity index (χ3v) is 4.48. The molecular formula is C10H11Cl2NO4S. The molecule has 0 aliphatic heterocycles. The Hall–Kier alpha value is -0.980. The minimum absolute atomic E-state index is 0.0166. The molecule has 2 N–H and O–H groups in total. The molecule has 0 unspecified atom stereocenters. The van der Waals surface area contributed by atoms with Crippen LogP contribution >= 0.6 is 23.2 Å². The van der Waals surface area contributed by atoms with Gasteiger partial charge in [-0.15, -0.1) is 0 Å². The predicted octanol–water partition coefficient (Wildman–Crippen LogP) is 2.84. The Labute approximate surface area is 115 Å². The second-order valence-electron chi connectivity index (χ2n) is 3.82. The van der Waals surface area contributed by atoms with Gasteiger partial charge in [0.25, 0.3) is 0 Å². The van der Waals surface area contributed by atoms with Gasteiger partial charge in [-0.25, -0.2) is 13.2 Å². The first kappa shape index (κ1) is 15.1. The molecule has 0 spiro atoms. The first-order valence-electron chi connectivity index (χ1n) is 4.89. The molecule has 1 rings (SSSR count). The number of halogens is 2. The van der Waals surface area contributed by atoms with Crippen molar-refractivity contribution in [1.82, 2.24) is 0 Å². The quantitative estimate of drug-likeness (QED) is 0.895. The van der Waals surface area contributed by atoms with E-state index >= 15 is 0 Å². The summed E-state index contributed by atoms with van der Waals surface area (Å²) in [5, 5.41) is 8.00. The Morgan fingerprint density at radius 2 is 1.72 bits per heavy atom. The van der Waals surface area contributed by atoms with Crippen molar-refractivity contribution in [3.8, 4) is 0 Å². The van der Waals surface area contributed by atoms with Gasteiger partial charge in [0, 0.05) is 0 Å². The average Bonchev–Trinajstić information content (AvgIpc) is 2.22. The van der Waals surface area contributed by atoms with Gasteiger partial charge in [-0.1, -0.05) is 23.2 Å². The standard InChI is InChI=1S/C10H11Cl2NO4S/c1-5(2)18(16,17)13-9-7(11)3-6(10(14)15)4-8(9)12/h3-5,13H,1-2H3,(H,14,15). The van der Waals surface area contributed by atoms with E-state index in [1.165, 1.54) is 13.8 Å². The number of hydrogen-bond acceptors (Lipinski definition) is 3. The molecule has 1 aromatic carbocycles. The van der Waals surface area contributed by atoms with Crippen LogP contribution in [-0.2, 0) is 10.0 Å². The molecule has 0 radical (unpaired) electrons. The van der Waals surface area contributed by atoms with Crippen LogP contribution in [0, 0.1) is 0 Å². The van der Waals surface area contributed by atoms with Gasteiger partial charge in [0.05, 0.1) is 26.5 Å². The highest BCUT2D eigenvalue weighted by Crippen LogP contribution is 2.33. The Morgan fingerprint density at radius 3 is 2.06 bits per heavy atom. The zero-order chi connectivity index (χ0) is 14.1. The molecule has 0 heterocycles. The monoisotopic (exact) mass is 311 g/mol. The smallest absolute Gasteiger partial charge is 0.335 e. The van der Waals surface area contributed by atoms with Crippen LogP contribution in [0.4, 0.5) is 5.69 Å². The van der Waals surface area contributed by atoms with Crippen molar-refractivity contribution in [2.24, 2.45) is 0 Å². The second-order valence-corrected chi connectivity index (χ2v) is 6.87. The first-order chi connectivity index (χ1) is 8.15. The second kappa shape index (κ2) is 5.34. The Bertz CT molecular complexity index is 561. The minimum Gasteiger partial charge on any atom is -0.478 e. The summed E-state index contributed by atoms with van der Waals surface area (Å²) in [6, 6.07) is 2.27. The molecular weight excluding hydrogens is 301 g/mol. The lowest BCUT2D eigenvalue weighted by molar-refractivity contribution is 0.0697. The molecule has 0 bridgehead atoms. The molecule has 100 valence electrons. The van der Waals surface area contributed by atoms with Crippen molar-refractivity contribution in [3.63, 3.8) is 0 Å². The maximum atomic E-state index is 11.7. The van der Waals surface area contributed by atoms with Crippen LogP contribution in [0.5, 0.6) is 0 Å². The van der Waals surface area contributed by atoms with Crippen molar-refractivity contribution in [2.75, 3.05) is 4.72 Å². The third kappa shape index (κ3) is 3.28. The summed E-state index contributed by atoms with van der Waals surface area (Å²) in [5.41, 5.74) is -0.130. The highest BCUT2D eigenvalue weighted by atomic mass is 35.5. The molecule has 0 amide bonds. The largest absolute Gasteiger partial charge is 0.478 e. The van der Waals surface area contributed by atoms with E-state index in [2.05, 4.69) is 4.72 Å². The SMILES string of the molecule is CC(C)S(=O)(=O)Nc1c(Cl)cc(C(=O)O)cc1Cl. The van der Waals surface area contributed by atoms with E-state index in [1.54, 1.807) is 0 Å². The van der Waals surface area contributed by atoms with Crippen LogP contribution in [0.25, 0.3) is 0 Å². The number of rotatable bonds is 4. The van der Waals surface area contributed by atoms with Crippen molar-refractivity contribution in [3.05, 3.63) is 27.7 Å². The molecule has 8 heteroatoms. The van der Waals surface area contributed by atoms with Gasteiger partial charge in [-0.05, 0) is 26.0 Å². The summed E-state index contributed by atoms with van der Waals surface area (Å²) in [4.78, 5) is 10.8. The Morgan fingerprint density at radius 1 is 1.28 bits per heavy atom. The highest BCUT2D eigenvalue weighted by Gasteiger charge is 2.20. The summed E-state index contributed by atoms with van der Waals surface area (Å²) in [5.74, 6) is -1.20. The van der Waals surface area contributed by atoms with Crippen LogP contribution in [0.15, 0.2) is 12.1 Å². The fourth-order valence-corrected chi connectivity index (χ4v) is 2.49. The molecule has 1 aromatic rings. The molecule has 0 aromatic heterocycles. The predicted molar refractivity (Wildman–Crippen MR) is 71.1 cm³/mol. The number of anilines is 1. The van der Waals surface area contributed by atoms with Gasteiger partial charge in [0.15, 0.2) is 0 Å². The zero-order valence-corrected chi connectivity index (χ0v) is 11.9. The normalized spacial score (nSPS) is 11.6. The topological polar surface area (TPSA) is 83.5 Å². The maximum absolute atomic E-state index is 11.7. The number of nitrogens with one attached hydrogen (secondary N) is 1. The maximum Gasteiger partial charge on any atom is 0.335 e. The average molecular weight is 312 g/mol. The van der Waals surface area contributed by atoms with Crippen molar-refractivity contribution in [1.29, 1.82) is 0 Å². The number of aromatic carboxylic acids is 1. The highest BCUT2D eigenvalue weighted by molar-refractivity contribution is 7.93. The van der Waals surface area contributed by atoms with Crippen LogP contribution in [0.2, 0.25) is 10.0 Å². The van der Waals surface area contributed by atoms with Crippen LogP contribution < -0.4 is 4.72 Å². The molecule has 0 saturated heterocycles. The zero-order valence-electron chi connectivity index (χ0n) is 9.57. The molecule has 5 nitrogen and oxygen atoms in total. The third-order valence-electron chi connectivity index (χ3n) is 2.15. The summed E-state index contributed by atoms with van der Waals surface area (Å²) in [6.45, 7) is 2.99. The van der Waals surface area contributed by atoms with Gasteiger partial charge in [0.1, 0.15) is 0 Å². The van der Waals surface area contributed by atoms with Gasteiger partial charge in [0.2, 0.25) is 10.0 Å². The van der Waals surface area contributed by atoms with E-state index in [0.717, 1.165) is 12.1 Å². The Balaban J connectivity index is 3.24. The summed E-state index contributed by atoms with van der Waals surface area (Å²) < 4.78 is 25.6.